The molecular formula is C32H22Br2ClN3O4. The molecule has 0 unspecified atom stereocenters. The van der Waals surface area contributed by atoms with Gasteiger partial charge in [0.1, 0.15) is 17.2 Å². The van der Waals surface area contributed by atoms with E-state index in [4.69, 9.17) is 30.5 Å². The van der Waals surface area contributed by atoms with E-state index < -0.39 is 0 Å². The van der Waals surface area contributed by atoms with E-state index in [2.05, 4.69) is 37.0 Å². The number of furan rings is 1. The molecule has 0 saturated heterocycles. The lowest BCUT2D eigenvalue weighted by Gasteiger charge is -2.15. The van der Waals surface area contributed by atoms with Crippen LogP contribution < -0.4 is 15.0 Å². The molecule has 6 rings (SSSR count). The van der Waals surface area contributed by atoms with Crippen molar-refractivity contribution in [3.63, 3.8) is 0 Å². The molecule has 0 aliphatic rings. The molecule has 0 N–H and O–H groups in total. The number of nitrogens with zero attached hydrogens (tertiary/aromatic N) is 3. The predicted octanol–water partition coefficient (Wildman–Crippen LogP) is 8.77. The number of methoxy groups -OCH3 is 1. The van der Waals surface area contributed by atoms with E-state index >= 15 is 0 Å². The third kappa shape index (κ3) is 5.47. The van der Waals surface area contributed by atoms with Gasteiger partial charge in [-0.25, -0.2) is 4.98 Å². The standard InChI is InChI=1S/C32H22Br2ClN3O4/c1-18-7-9-19(10-8-18)17-41-30-26(40-2)15-21(28(34)29(30)35)16-36-38-31(37-24-6-4-3-5-23(24)32(38)39)27-14-20-13-22(33)11-12-25(20)42-27/h3-16H,17H2,1-2H3. The molecule has 2 aromatic heterocycles. The zero-order valence-electron chi connectivity index (χ0n) is 22.4. The van der Waals surface area contributed by atoms with Crippen LogP contribution in [0.15, 0.2) is 102 Å². The van der Waals surface area contributed by atoms with Crippen LogP contribution in [0.5, 0.6) is 11.5 Å². The summed E-state index contributed by atoms with van der Waals surface area (Å²) in [6.45, 7) is 2.34. The lowest BCUT2D eigenvalue weighted by molar-refractivity contribution is 0.284. The molecule has 42 heavy (non-hydrogen) atoms. The number of aryl methyl sites for hydroxylation is 1. The van der Waals surface area contributed by atoms with Crippen molar-refractivity contribution in [1.29, 1.82) is 0 Å². The number of hydrogen-bond acceptors (Lipinski definition) is 6. The highest BCUT2D eigenvalue weighted by Crippen LogP contribution is 2.42. The van der Waals surface area contributed by atoms with Gasteiger partial charge in [-0.1, -0.05) is 69.5 Å². The number of rotatable bonds is 7. The third-order valence-corrected chi connectivity index (χ3v) is 8.58. The van der Waals surface area contributed by atoms with E-state index in [1.165, 1.54) is 18.0 Å². The van der Waals surface area contributed by atoms with Crippen LogP contribution in [0.2, 0.25) is 5.02 Å². The van der Waals surface area contributed by atoms with Crippen molar-refractivity contribution in [2.24, 2.45) is 5.10 Å². The van der Waals surface area contributed by atoms with Gasteiger partial charge in [0.25, 0.3) is 5.56 Å². The van der Waals surface area contributed by atoms with Gasteiger partial charge in [0.05, 0.1) is 24.2 Å². The van der Waals surface area contributed by atoms with Gasteiger partial charge in [0.15, 0.2) is 17.3 Å². The maximum atomic E-state index is 13.7. The number of benzene rings is 4. The van der Waals surface area contributed by atoms with E-state index in [-0.39, 0.29) is 11.4 Å². The first-order valence-corrected chi connectivity index (χ1v) is 14.8. The van der Waals surface area contributed by atoms with Crippen LogP contribution >= 0.6 is 43.5 Å². The Morgan fingerprint density at radius 1 is 1.05 bits per heavy atom. The van der Waals surface area contributed by atoms with Gasteiger partial charge < -0.3 is 13.9 Å². The Balaban J connectivity index is 1.42. The smallest absolute Gasteiger partial charge is 0.282 e. The number of halogens is 3. The van der Waals surface area contributed by atoms with Crippen molar-refractivity contribution >= 4 is 71.5 Å². The topological polar surface area (TPSA) is 78.9 Å². The van der Waals surface area contributed by atoms with Gasteiger partial charge in [0, 0.05) is 19.9 Å². The van der Waals surface area contributed by atoms with Crippen LogP contribution in [0.1, 0.15) is 16.7 Å². The Bertz CT molecular complexity index is 2050. The molecule has 0 saturated carbocycles. The van der Waals surface area contributed by atoms with Gasteiger partial charge in [-0.05, 0) is 70.9 Å². The first-order valence-electron chi connectivity index (χ1n) is 12.8. The van der Waals surface area contributed by atoms with Crippen LogP contribution in [0.3, 0.4) is 0 Å². The fraction of sp³-hybridized carbons (Fsp3) is 0.0938. The van der Waals surface area contributed by atoms with Crippen LogP contribution in [-0.2, 0) is 6.61 Å². The lowest BCUT2D eigenvalue weighted by atomic mass is 10.1. The molecular weight excluding hydrogens is 686 g/mol. The molecule has 0 aliphatic heterocycles. The fourth-order valence-corrected chi connectivity index (χ4v) is 5.49. The minimum Gasteiger partial charge on any atom is -0.493 e. The molecule has 0 fully saturated rings. The Kier molecular flexibility index (Phi) is 7.90. The van der Waals surface area contributed by atoms with Gasteiger partial charge in [-0.2, -0.15) is 9.78 Å². The zero-order chi connectivity index (χ0) is 29.4. The maximum Gasteiger partial charge on any atom is 0.282 e. The number of ether oxygens (including phenoxy) is 2. The quantitative estimate of drug-likeness (QED) is 0.155. The summed E-state index contributed by atoms with van der Waals surface area (Å²) >= 11 is 13.8. The van der Waals surface area contributed by atoms with Crippen LogP contribution in [-0.4, -0.2) is 23.0 Å². The molecule has 0 aliphatic carbocycles. The molecule has 10 heteroatoms. The Labute approximate surface area is 262 Å². The molecule has 0 amide bonds. The molecule has 6 aromatic rings. The Hall–Kier alpha value is -3.92. The molecule has 0 spiro atoms. The molecule has 7 nitrogen and oxygen atoms in total. The number of para-hydroxylation sites is 1. The summed E-state index contributed by atoms with van der Waals surface area (Å²) in [5.41, 5.74) is 3.57. The summed E-state index contributed by atoms with van der Waals surface area (Å²) in [5.74, 6) is 1.47. The van der Waals surface area contributed by atoms with Gasteiger partial charge in [0.2, 0.25) is 5.82 Å². The highest BCUT2D eigenvalue weighted by molar-refractivity contribution is 9.10. The predicted molar refractivity (Wildman–Crippen MR) is 173 cm³/mol. The SMILES string of the molecule is COc1cc(C=Nn2c(-c3cc4cc(Br)ccc4o3)nc3ccccc3c2=O)c(Br)c(Cl)c1OCc1ccc(C)cc1. The van der Waals surface area contributed by atoms with Gasteiger partial charge >= 0.3 is 0 Å². The highest BCUT2D eigenvalue weighted by Gasteiger charge is 2.19. The normalized spacial score (nSPS) is 11.5. The van der Waals surface area contributed by atoms with Crippen molar-refractivity contribution in [3.05, 3.63) is 120 Å². The van der Waals surface area contributed by atoms with Crippen molar-refractivity contribution in [2.45, 2.75) is 13.5 Å². The average molecular weight is 708 g/mol. The van der Waals surface area contributed by atoms with E-state index in [1.807, 2.05) is 61.5 Å². The van der Waals surface area contributed by atoms with E-state index in [0.717, 1.165) is 21.0 Å². The monoisotopic (exact) mass is 705 g/mol. The summed E-state index contributed by atoms with van der Waals surface area (Å²) < 4.78 is 20.4. The van der Waals surface area contributed by atoms with Crippen molar-refractivity contribution in [2.75, 3.05) is 7.11 Å². The van der Waals surface area contributed by atoms with Crippen LogP contribution in [0.4, 0.5) is 0 Å². The largest absolute Gasteiger partial charge is 0.493 e. The Morgan fingerprint density at radius 2 is 1.83 bits per heavy atom. The fourth-order valence-electron chi connectivity index (χ4n) is 4.46. The minimum absolute atomic E-state index is 0.259. The van der Waals surface area contributed by atoms with Gasteiger partial charge in [-0.3, -0.25) is 4.79 Å². The van der Waals surface area contributed by atoms with E-state index in [0.29, 0.717) is 55.4 Å². The molecule has 210 valence electrons. The lowest BCUT2D eigenvalue weighted by Crippen LogP contribution is -2.20. The summed E-state index contributed by atoms with van der Waals surface area (Å²) in [5, 5.41) is 6.16. The van der Waals surface area contributed by atoms with Crippen molar-refractivity contribution in [3.8, 4) is 23.1 Å². The third-order valence-electron chi connectivity index (χ3n) is 6.64. The van der Waals surface area contributed by atoms with E-state index in [1.54, 1.807) is 24.3 Å². The maximum absolute atomic E-state index is 13.7. The summed E-state index contributed by atoms with van der Waals surface area (Å²) in [6, 6.07) is 24.4. The molecule has 4 aromatic carbocycles. The summed E-state index contributed by atoms with van der Waals surface area (Å²) in [4.78, 5) is 18.4. The number of aromatic nitrogens is 2. The second kappa shape index (κ2) is 11.8. The first-order chi connectivity index (χ1) is 20.3. The second-order valence-electron chi connectivity index (χ2n) is 9.51. The van der Waals surface area contributed by atoms with Crippen molar-refractivity contribution < 1.29 is 13.9 Å². The second-order valence-corrected chi connectivity index (χ2v) is 11.6. The molecule has 2 heterocycles. The van der Waals surface area contributed by atoms with Crippen LogP contribution in [0.25, 0.3) is 33.5 Å². The molecule has 0 atom stereocenters. The van der Waals surface area contributed by atoms with Crippen molar-refractivity contribution in [1.82, 2.24) is 9.66 Å². The first kappa shape index (κ1) is 28.2. The van der Waals surface area contributed by atoms with Crippen LogP contribution in [0, 0.1) is 6.92 Å². The Morgan fingerprint density at radius 3 is 2.62 bits per heavy atom. The summed E-state index contributed by atoms with van der Waals surface area (Å²) in [6.07, 6.45) is 1.52. The number of hydrogen-bond donors (Lipinski definition) is 0. The van der Waals surface area contributed by atoms with E-state index in [9.17, 15) is 4.79 Å². The molecule has 0 radical (unpaired) electrons. The number of fused-ring (bicyclic) bond motifs is 2. The van der Waals surface area contributed by atoms with Gasteiger partial charge in [-0.15, -0.1) is 0 Å². The average Bonchev–Trinajstić information content (AvgIpc) is 3.42. The summed E-state index contributed by atoms with van der Waals surface area (Å²) in [7, 11) is 1.54. The highest BCUT2D eigenvalue weighted by atomic mass is 79.9. The molecule has 0 bridgehead atoms. The zero-order valence-corrected chi connectivity index (χ0v) is 26.3. The minimum atomic E-state index is -0.347.